The smallest absolute Gasteiger partial charge is 0.326 e. The van der Waals surface area contributed by atoms with Gasteiger partial charge in [0.2, 0.25) is 5.91 Å². The van der Waals surface area contributed by atoms with Crippen LogP contribution in [0.3, 0.4) is 0 Å². The number of amides is 1. The minimum Gasteiger partial charge on any atom is -0.480 e. The number of hydrogen-bond acceptors (Lipinski definition) is 5. The van der Waals surface area contributed by atoms with Gasteiger partial charge >= 0.3 is 5.97 Å². The molecule has 1 aromatic rings. The molecule has 6 nitrogen and oxygen atoms in total. The van der Waals surface area contributed by atoms with Gasteiger partial charge in [0.25, 0.3) is 0 Å². The van der Waals surface area contributed by atoms with E-state index < -0.39 is 17.9 Å². The summed E-state index contributed by atoms with van der Waals surface area (Å²) in [6.45, 7) is 1.55. The maximum atomic E-state index is 11.4. The molecular formula is C11H14N2O4S. The number of nitrogens with one attached hydrogen (secondary N) is 1. The van der Waals surface area contributed by atoms with Crippen LogP contribution in [-0.4, -0.2) is 39.7 Å². The number of carbonyl (C=O) groups excluding carboxylic acids is 1. The molecule has 0 aliphatic heterocycles. The Hall–Kier alpha value is -1.73. The molecular weight excluding hydrogens is 256 g/mol. The Morgan fingerprint density at radius 2 is 2.33 bits per heavy atom. The molecule has 0 fully saturated rings. The molecule has 1 aromatic heterocycles. The van der Waals surface area contributed by atoms with E-state index in [1.165, 1.54) is 23.5 Å². The van der Waals surface area contributed by atoms with Crippen molar-refractivity contribution in [2.75, 3.05) is 6.61 Å². The Kier molecular flexibility index (Phi) is 5.47. The zero-order valence-electron chi connectivity index (χ0n) is 9.79. The highest BCUT2D eigenvalue weighted by atomic mass is 32.1. The summed E-state index contributed by atoms with van der Waals surface area (Å²) in [7, 11) is 0. The van der Waals surface area contributed by atoms with E-state index in [4.69, 9.17) is 10.2 Å². The molecule has 0 aromatic carbocycles. The second kappa shape index (κ2) is 6.87. The van der Waals surface area contributed by atoms with Crippen LogP contribution in [0.2, 0.25) is 0 Å². The summed E-state index contributed by atoms with van der Waals surface area (Å²) >= 11 is 1.46. The number of carbonyl (C=O) groups is 2. The number of hydrogen-bond donors (Lipinski definition) is 3. The first-order chi connectivity index (χ1) is 8.52. The normalized spacial score (nSPS) is 12.6. The molecule has 18 heavy (non-hydrogen) atoms. The fourth-order valence-electron chi connectivity index (χ4n) is 1.22. The average Bonchev–Trinajstić information content (AvgIpc) is 2.72. The van der Waals surface area contributed by atoms with Crippen LogP contribution in [0, 0.1) is 6.92 Å². The summed E-state index contributed by atoms with van der Waals surface area (Å²) in [5.41, 5.74) is 0.654. The minimum absolute atomic E-state index is 0.0231. The summed E-state index contributed by atoms with van der Waals surface area (Å²) < 4.78 is 0. The van der Waals surface area contributed by atoms with Crippen molar-refractivity contribution in [3.05, 3.63) is 22.2 Å². The van der Waals surface area contributed by atoms with E-state index in [1.807, 2.05) is 6.92 Å². The van der Waals surface area contributed by atoms with Gasteiger partial charge in [0, 0.05) is 24.5 Å². The summed E-state index contributed by atoms with van der Waals surface area (Å²) in [6.07, 6.45) is 2.71. The molecule has 0 aliphatic rings. The first-order valence-electron chi connectivity index (χ1n) is 5.27. The van der Waals surface area contributed by atoms with Gasteiger partial charge in [-0.1, -0.05) is 0 Å². The molecule has 0 saturated carbocycles. The van der Waals surface area contributed by atoms with Crippen LogP contribution in [0.4, 0.5) is 0 Å². The van der Waals surface area contributed by atoms with Crippen LogP contribution in [0.1, 0.15) is 17.1 Å². The SMILES string of the molecule is Cc1nc(/C=C/C(=O)NC(CCO)C(=O)O)cs1. The Balaban J connectivity index is 2.54. The summed E-state index contributed by atoms with van der Waals surface area (Å²) in [4.78, 5) is 26.3. The van der Waals surface area contributed by atoms with E-state index in [2.05, 4.69) is 10.3 Å². The van der Waals surface area contributed by atoms with E-state index in [1.54, 1.807) is 5.38 Å². The highest BCUT2D eigenvalue weighted by Crippen LogP contribution is 2.08. The standard InChI is InChI=1S/C11H14N2O4S/c1-7-12-8(6-18-7)2-3-10(15)13-9(4-5-14)11(16)17/h2-3,6,9,14H,4-5H2,1H3,(H,13,15)(H,16,17)/b3-2+. The van der Waals surface area contributed by atoms with E-state index in [-0.39, 0.29) is 13.0 Å². The summed E-state index contributed by atoms with van der Waals surface area (Å²) in [6, 6.07) is -1.08. The van der Waals surface area contributed by atoms with Crippen LogP contribution in [0.15, 0.2) is 11.5 Å². The number of nitrogens with zero attached hydrogens (tertiary/aromatic N) is 1. The molecule has 1 atom stereocenters. The van der Waals surface area contributed by atoms with Crippen molar-refractivity contribution in [3.8, 4) is 0 Å². The lowest BCUT2D eigenvalue weighted by Gasteiger charge is -2.10. The third kappa shape index (κ3) is 4.64. The molecule has 0 saturated heterocycles. The predicted molar refractivity (Wildman–Crippen MR) is 67.2 cm³/mol. The number of aromatic nitrogens is 1. The Labute approximate surface area is 108 Å². The van der Waals surface area contributed by atoms with Gasteiger partial charge in [-0.25, -0.2) is 9.78 Å². The summed E-state index contributed by atoms with van der Waals surface area (Å²) in [5, 5.41) is 22.4. The number of rotatable bonds is 6. The third-order valence-corrected chi connectivity index (χ3v) is 2.87. The number of thiazole rings is 1. The molecule has 1 heterocycles. The third-order valence-electron chi connectivity index (χ3n) is 2.07. The van der Waals surface area contributed by atoms with Crippen molar-refractivity contribution in [2.24, 2.45) is 0 Å². The molecule has 1 rings (SSSR count). The highest BCUT2D eigenvalue weighted by Gasteiger charge is 2.17. The molecule has 0 bridgehead atoms. The monoisotopic (exact) mass is 270 g/mol. The van der Waals surface area contributed by atoms with Gasteiger partial charge in [-0.2, -0.15) is 0 Å². The van der Waals surface area contributed by atoms with Crippen LogP contribution in [0.5, 0.6) is 0 Å². The van der Waals surface area contributed by atoms with Crippen molar-refractivity contribution >= 4 is 29.3 Å². The fourth-order valence-corrected chi connectivity index (χ4v) is 1.80. The van der Waals surface area contributed by atoms with Crippen molar-refractivity contribution in [2.45, 2.75) is 19.4 Å². The maximum absolute atomic E-state index is 11.4. The molecule has 98 valence electrons. The van der Waals surface area contributed by atoms with Crippen molar-refractivity contribution in [3.63, 3.8) is 0 Å². The molecule has 0 radical (unpaired) electrons. The highest BCUT2D eigenvalue weighted by molar-refractivity contribution is 7.09. The first kappa shape index (κ1) is 14.3. The van der Waals surface area contributed by atoms with Gasteiger partial charge in [-0.05, 0) is 13.0 Å². The van der Waals surface area contributed by atoms with Gasteiger partial charge < -0.3 is 15.5 Å². The predicted octanol–water partition coefficient (Wildman–Crippen LogP) is 0.417. The number of aliphatic carboxylic acids is 1. The second-order valence-corrected chi connectivity index (χ2v) is 4.60. The topological polar surface area (TPSA) is 99.5 Å². The molecule has 3 N–H and O–H groups in total. The van der Waals surface area contributed by atoms with Crippen molar-refractivity contribution in [1.82, 2.24) is 10.3 Å². The van der Waals surface area contributed by atoms with Crippen LogP contribution in [-0.2, 0) is 9.59 Å². The number of carboxylic acid groups (broad SMARTS) is 1. The molecule has 0 spiro atoms. The first-order valence-corrected chi connectivity index (χ1v) is 6.15. The van der Waals surface area contributed by atoms with Crippen LogP contribution < -0.4 is 5.32 Å². The van der Waals surface area contributed by atoms with Crippen molar-refractivity contribution < 1.29 is 19.8 Å². The Bertz CT molecular complexity index is 456. The number of aliphatic hydroxyl groups excluding tert-OH is 1. The Morgan fingerprint density at radius 1 is 1.61 bits per heavy atom. The summed E-state index contributed by atoms with van der Waals surface area (Å²) in [5.74, 6) is -1.70. The zero-order chi connectivity index (χ0) is 13.5. The second-order valence-electron chi connectivity index (χ2n) is 3.54. The van der Waals surface area contributed by atoms with E-state index in [0.717, 1.165) is 5.01 Å². The number of aliphatic hydroxyl groups is 1. The molecule has 7 heteroatoms. The van der Waals surface area contributed by atoms with E-state index >= 15 is 0 Å². The van der Waals surface area contributed by atoms with Gasteiger partial charge in [0.15, 0.2) is 0 Å². The van der Waals surface area contributed by atoms with Gasteiger partial charge in [0.05, 0.1) is 10.7 Å². The van der Waals surface area contributed by atoms with Gasteiger partial charge in [-0.3, -0.25) is 4.79 Å². The Morgan fingerprint density at radius 3 is 2.83 bits per heavy atom. The van der Waals surface area contributed by atoms with Gasteiger partial charge in [-0.15, -0.1) is 11.3 Å². The lowest BCUT2D eigenvalue weighted by Crippen LogP contribution is -2.40. The lowest BCUT2D eigenvalue weighted by molar-refractivity contribution is -0.141. The minimum atomic E-state index is -1.17. The fraction of sp³-hybridized carbons (Fsp3) is 0.364. The van der Waals surface area contributed by atoms with Crippen LogP contribution in [0.25, 0.3) is 6.08 Å². The molecule has 1 amide bonds. The maximum Gasteiger partial charge on any atom is 0.326 e. The van der Waals surface area contributed by atoms with Gasteiger partial charge in [0.1, 0.15) is 6.04 Å². The average molecular weight is 270 g/mol. The van der Waals surface area contributed by atoms with Crippen molar-refractivity contribution in [1.29, 1.82) is 0 Å². The number of aryl methyl sites for hydroxylation is 1. The van der Waals surface area contributed by atoms with E-state index in [0.29, 0.717) is 5.69 Å². The number of carboxylic acids is 1. The lowest BCUT2D eigenvalue weighted by atomic mass is 10.2. The largest absolute Gasteiger partial charge is 0.480 e. The molecule has 0 aliphatic carbocycles. The quantitative estimate of drug-likeness (QED) is 0.650. The zero-order valence-corrected chi connectivity index (χ0v) is 10.6. The van der Waals surface area contributed by atoms with Crippen LogP contribution >= 0.6 is 11.3 Å². The van der Waals surface area contributed by atoms with E-state index in [9.17, 15) is 9.59 Å². The molecule has 1 unspecified atom stereocenters.